The van der Waals surface area contributed by atoms with Crippen molar-refractivity contribution >= 4 is 18.3 Å². The number of rotatable bonds is 6. The molecule has 1 N–H and O–H groups in total. The minimum absolute atomic E-state index is 0. The standard InChI is InChI=1S/C18H32N4O.ClH/c1-13(2)12-22-15(4)17(14(3)20-22)6-7-18(23)21-10-8-16(19-5)9-11-21;/h13,16,19H,6-12H2,1-5H3;1H. The molecule has 0 saturated carbocycles. The number of carbonyl (C=O) groups excluding carboxylic acids is 1. The summed E-state index contributed by atoms with van der Waals surface area (Å²) < 4.78 is 2.10. The maximum Gasteiger partial charge on any atom is 0.222 e. The van der Waals surface area contributed by atoms with E-state index in [9.17, 15) is 4.79 Å². The van der Waals surface area contributed by atoms with Crippen molar-refractivity contribution in [2.24, 2.45) is 5.92 Å². The molecular formula is C18H33ClN4O. The van der Waals surface area contributed by atoms with Crippen LogP contribution < -0.4 is 5.32 Å². The third-order valence-electron chi connectivity index (χ3n) is 4.91. The van der Waals surface area contributed by atoms with Crippen LogP contribution in [0.5, 0.6) is 0 Å². The molecule has 0 spiro atoms. The smallest absolute Gasteiger partial charge is 0.222 e. The number of nitrogens with zero attached hydrogens (tertiary/aromatic N) is 3. The number of halogens is 1. The third kappa shape index (κ3) is 5.21. The van der Waals surface area contributed by atoms with E-state index in [1.54, 1.807) is 0 Å². The highest BCUT2D eigenvalue weighted by molar-refractivity contribution is 5.85. The van der Waals surface area contributed by atoms with Gasteiger partial charge in [0.2, 0.25) is 5.91 Å². The Morgan fingerprint density at radius 2 is 1.92 bits per heavy atom. The summed E-state index contributed by atoms with van der Waals surface area (Å²) in [7, 11) is 2.00. The number of carbonyl (C=O) groups is 1. The molecule has 0 aromatic carbocycles. The van der Waals surface area contributed by atoms with Gasteiger partial charge in [-0.2, -0.15) is 5.10 Å². The Bertz CT molecular complexity index is 533. The molecule has 0 bridgehead atoms. The zero-order valence-corrected chi connectivity index (χ0v) is 16.6. The quantitative estimate of drug-likeness (QED) is 0.852. The van der Waals surface area contributed by atoms with Crippen molar-refractivity contribution in [1.82, 2.24) is 20.0 Å². The van der Waals surface area contributed by atoms with Crippen molar-refractivity contribution in [2.75, 3.05) is 20.1 Å². The number of piperidine rings is 1. The van der Waals surface area contributed by atoms with Crippen molar-refractivity contribution in [2.45, 2.75) is 66.0 Å². The summed E-state index contributed by atoms with van der Waals surface area (Å²) >= 11 is 0. The number of nitrogens with one attached hydrogen (secondary N) is 1. The van der Waals surface area contributed by atoms with E-state index in [0.29, 0.717) is 18.4 Å². The average molecular weight is 357 g/mol. The minimum atomic E-state index is 0. The molecule has 0 radical (unpaired) electrons. The topological polar surface area (TPSA) is 50.2 Å². The number of hydrogen-bond donors (Lipinski definition) is 1. The second-order valence-electron chi connectivity index (χ2n) is 7.17. The van der Waals surface area contributed by atoms with Gasteiger partial charge in [0.1, 0.15) is 0 Å². The molecule has 5 nitrogen and oxygen atoms in total. The molecule has 1 saturated heterocycles. The van der Waals surface area contributed by atoms with Crippen molar-refractivity contribution in [3.8, 4) is 0 Å². The van der Waals surface area contributed by atoms with Gasteiger partial charge in [0.15, 0.2) is 0 Å². The van der Waals surface area contributed by atoms with E-state index in [4.69, 9.17) is 0 Å². The minimum Gasteiger partial charge on any atom is -0.343 e. The number of likely N-dealkylation sites (tertiary alicyclic amines) is 1. The van der Waals surface area contributed by atoms with E-state index >= 15 is 0 Å². The second kappa shape index (κ2) is 9.42. The maximum atomic E-state index is 12.5. The summed E-state index contributed by atoms with van der Waals surface area (Å²) in [5.74, 6) is 0.867. The van der Waals surface area contributed by atoms with Crippen LogP contribution in [0.2, 0.25) is 0 Å². The first-order chi connectivity index (χ1) is 10.9. The van der Waals surface area contributed by atoms with Crippen molar-refractivity contribution in [3.05, 3.63) is 17.0 Å². The predicted molar refractivity (Wildman–Crippen MR) is 101 cm³/mol. The summed E-state index contributed by atoms with van der Waals surface area (Å²) in [5.41, 5.74) is 3.55. The highest BCUT2D eigenvalue weighted by atomic mass is 35.5. The Kier molecular flexibility index (Phi) is 8.23. The van der Waals surface area contributed by atoms with Crippen LogP contribution in [0.25, 0.3) is 0 Å². The van der Waals surface area contributed by atoms with Gasteiger partial charge in [0.25, 0.3) is 0 Å². The molecule has 0 atom stereocenters. The number of aromatic nitrogens is 2. The predicted octanol–water partition coefficient (Wildman–Crippen LogP) is 2.72. The van der Waals surface area contributed by atoms with E-state index in [0.717, 1.165) is 44.6 Å². The molecule has 6 heteroatoms. The number of hydrogen-bond acceptors (Lipinski definition) is 3. The molecule has 2 rings (SSSR count). The molecule has 0 unspecified atom stereocenters. The summed E-state index contributed by atoms with van der Waals surface area (Å²) in [6, 6.07) is 0.567. The zero-order chi connectivity index (χ0) is 17.0. The van der Waals surface area contributed by atoms with Gasteiger partial charge in [0, 0.05) is 37.8 Å². The highest BCUT2D eigenvalue weighted by Crippen LogP contribution is 2.18. The average Bonchev–Trinajstić information content (AvgIpc) is 2.78. The molecule has 2 heterocycles. The molecule has 1 amide bonds. The van der Waals surface area contributed by atoms with Gasteiger partial charge in [-0.05, 0) is 51.6 Å². The molecule has 1 fully saturated rings. The fraction of sp³-hybridized carbons (Fsp3) is 0.778. The Morgan fingerprint density at radius 3 is 2.46 bits per heavy atom. The molecule has 24 heavy (non-hydrogen) atoms. The van der Waals surface area contributed by atoms with Crippen LogP contribution in [-0.4, -0.2) is 46.8 Å². The Balaban J connectivity index is 0.00000288. The maximum absolute atomic E-state index is 12.5. The molecule has 1 aliphatic heterocycles. The van der Waals surface area contributed by atoms with Crippen molar-refractivity contribution in [1.29, 1.82) is 0 Å². The second-order valence-corrected chi connectivity index (χ2v) is 7.17. The lowest BCUT2D eigenvalue weighted by atomic mass is 10.0. The van der Waals surface area contributed by atoms with Crippen LogP contribution >= 0.6 is 12.4 Å². The summed E-state index contributed by atoms with van der Waals surface area (Å²) in [6.07, 6.45) is 3.53. The van der Waals surface area contributed by atoms with E-state index in [-0.39, 0.29) is 18.3 Å². The fourth-order valence-electron chi connectivity index (χ4n) is 3.43. The zero-order valence-electron chi connectivity index (χ0n) is 15.8. The molecule has 1 aromatic rings. The lowest BCUT2D eigenvalue weighted by molar-refractivity contribution is -0.132. The van der Waals surface area contributed by atoms with Crippen molar-refractivity contribution in [3.63, 3.8) is 0 Å². The Hall–Kier alpha value is -1.07. The normalized spacial score (nSPS) is 15.7. The number of aryl methyl sites for hydroxylation is 1. The lowest BCUT2D eigenvalue weighted by Gasteiger charge is -2.31. The van der Waals surface area contributed by atoms with Crippen LogP contribution in [0.15, 0.2) is 0 Å². The fourth-order valence-corrected chi connectivity index (χ4v) is 3.43. The first-order valence-corrected chi connectivity index (χ1v) is 8.90. The molecule has 0 aliphatic carbocycles. The lowest BCUT2D eigenvalue weighted by Crippen LogP contribution is -2.44. The van der Waals surface area contributed by atoms with Crippen LogP contribution in [-0.2, 0) is 17.8 Å². The van der Waals surface area contributed by atoms with E-state index in [1.807, 2.05) is 11.9 Å². The summed E-state index contributed by atoms with van der Waals surface area (Å²) in [4.78, 5) is 14.5. The third-order valence-corrected chi connectivity index (χ3v) is 4.91. The first-order valence-electron chi connectivity index (χ1n) is 8.90. The monoisotopic (exact) mass is 356 g/mol. The van der Waals surface area contributed by atoms with Crippen LogP contribution in [0, 0.1) is 19.8 Å². The summed E-state index contributed by atoms with van der Waals surface area (Å²) in [5, 5.41) is 7.95. The van der Waals surface area contributed by atoms with E-state index in [1.165, 1.54) is 11.3 Å². The van der Waals surface area contributed by atoms with Crippen LogP contribution in [0.4, 0.5) is 0 Å². The van der Waals surface area contributed by atoms with Gasteiger partial charge < -0.3 is 10.2 Å². The van der Waals surface area contributed by atoms with Gasteiger partial charge in [-0.1, -0.05) is 13.8 Å². The Labute approximate surface area is 152 Å². The number of amides is 1. The van der Waals surface area contributed by atoms with Crippen molar-refractivity contribution < 1.29 is 4.79 Å². The van der Waals surface area contributed by atoms with E-state index < -0.39 is 0 Å². The molecular weight excluding hydrogens is 324 g/mol. The Morgan fingerprint density at radius 1 is 1.29 bits per heavy atom. The molecule has 138 valence electrons. The SMILES string of the molecule is CNC1CCN(C(=O)CCc2c(C)nn(CC(C)C)c2C)CC1.Cl. The van der Waals surface area contributed by atoms with Gasteiger partial charge in [0.05, 0.1) is 5.69 Å². The molecule has 1 aromatic heterocycles. The van der Waals surface area contributed by atoms with E-state index in [2.05, 4.69) is 42.8 Å². The van der Waals surface area contributed by atoms with Gasteiger partial charge in [-0.15, -0.1) is 12.4 Å². The van der Waals surface area contributed by atoms with Gasteiger partial charge in [-0.3, -0.25) is 9.48 Å². The van der Waals surface area contributed by atoms with Gasteiger partial charge in [-0.25, -0.2) is 0 Å². The first kappa shape index (κ1) is 21.0. The summed E-state index contributed by atoms with van der Waals surface area (Å²) in [6.45, 7) is 11.3. The van der Waals surface area contributed by atoms with Gasteiger partial charge >= 0.3 is 0 Å². The van der Waals surface area contributed by atoms with Crippen LogP contribution in [0.3, 0.4) is 0 Å². The largest absolute Gasteiger partial charge is 0.343 e. The molecule has 1 aliphatic rings. The highest BCUT2D eigenvalue weighted by Gasteiger charge is 2.22. The van der Waals surface area contributed by atoms with Crippen LogP contribution in [0.1, 0.15) is 50.1 Å².